The highest BCUT2D eigenvalue weighted by Gasteiger charge is 2.22. The van der Waals surface area contributed by atoms with Crippen molar-refractivity contribution in [1.82, 2.24) is 10.0 Å². The number of amides is 1. The van der Waals surface area contributed by atoms with E-state index in [-0.39, 0.29) is 12.4 Å². The van der Waals surface area contributed by atoms with Gasteiger partial charge in [-0.15, -0.1) is 0 Å². The maximum atomic E-state index is 11.8. The molecule has 0 heterocycles. The van der Waals surface area contributed by atoms with E-state index in [1.807, 2.05) is 0 Å². The largest absolute Gasteiger partial charge is 0.479 e. The molecule has 0 aliphatic rings. The summed E-state index contributed by atoms with van der Waals surface area (Å²) >= 11 is 0. The second-order valence-corrected chi connectivity index (χ2v) is 6.51. The summed E-state index contributed by atoms with van der Waals surface area (Å²) in [4.78, 5) is 23.0. The normalized spacial score (nSPS) is 12.6. The lowest BCUT2D eigenvalue weighted by molar-refractivity contribution is -0.141. The van der Waals surface area contributed by atoms with Gasteiger partial charge in [-0.05, 0) is 12.5 Å². The van der Waals surface area contributed by atoms with Crippen molar-refractivity contribution in [3.63, 3.8) is 0 Å². The smallest absolute Gasteiger partial charge is 0.330 e. The summed E-state index contributed by atoms with van der Waals surface area (Å²) in [5.74, 6) is -2.24. The van der Waals surface area contributed by atoms with Crippen molar-refractivity contribution in [3.8, 4) is 0 Å². The lowest BCUT2D eigenvalue weighted by Gasteiger charge is -2.15. The highest BCUT2D eigenvalue weighted by molar-refractivity contribution is 7.89. The van der Waals surface area contributed by atoms with Crippen molar-refractivity contribution in [2.24, 2.45) is 0 Å². The van der Waals surface area contributed by atoms with Crippen LogP contribution < -0.4 is 10.0 Å². The van der Waals surface area contributed by atoms with E-state index in [4.69, 9.17) is 4.74 Å². The Hall–Kier alpha value is -1.97. The fourth-order valence-electron chi connectivity index (χ4n) is 1.71. The molecule has 1 atom stereocenters. The molecular formula is C14H20N2O6S. The van der Waals surface area contributed by atoms with Crippen LogP contribution in [0.25, 0.3) is 0 Å². The van der Waals surface area contributed by atoms with Crippen LogP contribution >= 0.6 is 0 Å². The number of ether oxygens (including phenoxy) is 1. The number of carbonyl (C=O) groups is 2. The summed E-state index contributed by atoms with van der Waals surface area (Å²) in [6.45, 7) is 1.62. The van der Waals surface area contributed by atoms with Crippen molar-refractivity contribution < 1.29 is 27.9 Å². The number of nitrogens with one attached hydrogen (secondary N) is 2. The Kier molecular flexibility index (Phi) is 7.66. The summed E-state index contributed by atoms with van der Waals surface area (Å²) in [5.41, 5.74) is 0.396. The molecule has 0 unspecified atom stereocenters. The zero-order valence-electron chi connectivity index (χ0n) is 12.7. The fourth-order valence-corrected chi connectivity index (χ4v) is 2.54. The fraction of sp³-hybridized carbons (Fsp3) is 0.429. The molecule has 23 heavy (non-hydrogen) atoms. The number of sulfonamides is 1. The van der Waals surface area contributed by atoms with Crippen LogP contribution in [0.1, 0.15) is 18.5 Å². The molecule has 0 aromatic heterocycles. The molecule has 1 rings (SSSR count). The van der Waals surface area contributed by atoms with E-state index in [1.165, 1.54) is 0 Å². The monoisotopic (exact) mass is 344 g/mol. The first-order chi connectivity index (χ1) is 10.9. The van der Waals surface area contributed by atoms with E-state index < -0.39 is 34.5 Å². The van der Waals surface area contributed by atoms with Gasteiger partial charge in [-0.25, -0.2) is 17.9 Å². The molecule has 0 spiro atoms. The van der Waals surface area contributed by atoms with E-state index in [1.54, 1.807) is 37.3 Å². The van der Waals surface area contributed by atoms with E-state index in [0.29, 0.717) is 12.2 Å². The van der Waals surface area contributed by atoms with Gasteiger partial charge in [0.25, 0.3) is 0 Å². The molecule has 0 aliphatic heterocycles. The maximum Gasteiger partial charge on any atom is 0.330 e. The average molecular weight is 344 g/mol. The zero-order chi connectivity index (χ0) is 17.3. The molecule has 0 radical (unpaired) electrons. The van der Waals surface area contributed by atoms with E-state index in [0.717, 1.165) is 0 Å². The molecule has 0 saturated carbocycles. The lowest BCUT2D eigenvalue weighted by atomic mass is 10.1. The van der Waals surface area contributed by atoms with Crippen LogP contribution in [0.2, 0.25) is 0 Å². The Labute approximate surface area is 134 Å². The minimum absolute atomic E-state index is 0.0230. The quantitative estimate of drug-likeness (QED) is 0.509. The highest BCUT2D eigenvalue weighted by atomic mass is 32.2. The zero-order valence-corrected chi connectivity index (χ0v) is 13.5. The van der Waals surface area contributed by atoms with Gasteiger partial charge in [0.2, 0.25) is 15.9 Å². The number of hydrogen-bond acceptors (Lipinski definition) is 5. The molecule has 1 amide bonds. The number of benzene rings is 1. The van der Waals surface area contributed by atoms with Crippen molar-refractivity contribution in [2.75, 3.05) is 25.5 Å². The van der Waals surface area contributed by atoms with Gasteiger partial charge in [-0.3, -0.25) is 4.79 Å². The van der Waals surface area contributed by atoms with Crippen LogP contribution in [0.5, 0.6) is 0 Å². The first-order valence-corrected chi connectivity index (χ1v) is 8.63. The van der Waals surface area contributed by atoms with E-state index in [2.05, 4.69) is 10.0 Å². The van der Waals surface area contributed by atoms with Crippen molar-refractivity contribution in [1.29, 1.82) is 0 Å². The van der Waals surface area contributed by atoms with Gasteiger partial charge >= 0.3 is 5.97 Å². The minimum Gasteiger partial charge on any atom is -0.479 e. The second-order valence-electron chi connectivity index (χ2n) is 4.59. The van der Waals surface area contributed by atoms with Crippen LogP contribution in [-0.2, 0) is 24.3 Å². The third kappa shape index (κ3) is 7.22. The lowest BCUT2D eigenvalue weighted by Crippen LogP contribution is -2.41. The standard InChI is InChI=1S/C14H20N2O6S/c1-2-22-8-9-23(20,21)15-10-12(17)16-13(14(18)19)11-6-4-3-5-7-11/h3-7,13,15H,2,8-10H2,1H3,(H,16,17)(H,18,19)/t13-/m0/s1. The van der Waals surface area contributed by atoms with Gasteiger partial charge in [0, 0.05) is 6.61 Å². The van der Waals surface area contributed by atoms with Crippen LogP contribution in [0.4, 0.5) is 0 Å². The van der Waals surface area contributed by atoms with Gasteiger partial charge in [-0.1, -0.05) is 30.3 Å². The van der Waals surface area contributed by atoms with Crippen LogP contribution in [0.3, 0.4) is 0 Å². The summed E-state index contributed by atoms with van der Waals surface area (Å²) in [5, 5.41) is 11.5. The number of aliphatic carboxylic acids is 1. The summed E-state index contributed by atoms with van der Waals surface area (Å²) in [6.07, 6.45) is 0. The minimum atomic E-state index is -3.65. The predicted octanol–water partition coefficient (Wildman–Crippen LogP) is -0.116. The Morgan fingerprint density at radius 3 is 2.48 bits per heavy atom. The van der Waals surface area contributed by atoms with E-state index >= 15 is 0 Å². The molecule has 0 saturated heterocycles. The van der Waals surface area contributed by atoms with Gasteiger partial charge in [-0.2, -0.15) is 0 Å². The Morgan fingerprint density at radius 1 is 1.26 bits per heavy atom. The number of carboxylic acid groups (broad SMARTS) is 1. The van der Waals surface area contributed by atoms with Crippen LogP contribution in [0, 0.1) is 0 Å². The highest BCUT2D eigenvalue weighted by Crippen LogP contribution is 2.12. The molecule has 0 aliphatic carbocycles. The predicted molar refractivity (Wildman–Crippen MR) is 83.2 cm³/mol. The van der Waals surface area contributed by atoms with Crippen molar-refractivity contribution in [2.45, 2.75) is 13.0 Å². The number of hydrogen-bond donors (Lipinski definition) is 3. The molecular weight excluding hydrogens is 324 g/mol. The molecule has 128 valence electrons. The molecule has 1 aromatic carbocycles. The topological polar surface area (TPSA) is 122 Å². The van der Waals surface area contributed by atoms with Gasteiger partial charge < -0.3 is 15.2 Å². The third-order valence-corrected chi connectivity index (χ3v) is 4.13. The maximum absolute atomic E-state index is 11.8. The summed E-state index contributed by atoms with van der Waals surface area (Å²) in [7, 11) is -3.65. The molecule has 0 fully saturated rings. The Balaban J connectivity index is 2.56. The van der Waals surface area contributed by atoms with Crippen molar-refractivity contribution >= 4 is 21.9 Å². The third-order valence-electron chi connectivity index (χ3n) is 2.84. The Morgan fingerprint density at radius 2 is 1.91 bits per heavy atom. The molecule has 3 N–H and O–H groups in total. The van der Waals surface area contributed by atoms with Gasteiger partial charge in [0.1, 0.15) is 0 Å². The Bertz CT molecular complexity index is 617. The molecule has 1 aromatic rings. The average Bonchev–Trinajstić information content (AvgIpc) is 2.51. The first kappa shape index (κ1) is 19.1. The molecule has 9 heteroatoms. The van der Waals surface area contributed by atoms with Crippen LogP contribution in [0.15, 0.2) is 30.3 Å². The first-order valence-electron chi connectivity index (χ1n) is 6.98. The number of rotatable bonds is 10. The summed E-state index contributed by atoms with van der Waals surface area (Å²) in [6, 6.07) is 6.89. The number of carboxylic acids is 1. The second kappa shape index (κ2) is 9.23. The molecule has 8 nitrogen and oxygen atoms in total. The van der Waals surface area contributed by atoms with Gasteiger partial charge in [0.15, 0.2) is 6.04 Å². The SMILES string of the molecule is CCOCCS(=O)(=O)NCC(=O)N[C@H](C(=O)O)c1ccccc1. The van der Waals surface area contributed by atoms with Crippen molar-refractivity contribution in [3.05, 3.63) is 35.9 Å². The summed E-state index contributed by atoms with van der Waals surface area (Å²) < 4.78 is 30.3. The van der Waals surface area contributed by atoms with Gasteiger partial charge in [0.05, 0.1) is 18.9 Å². The number of carbonyl (C=O) groups excluding carboxylic acids is 1. The van der Waals surface area contributed by atoms with E-state index in [9.17, 15) is 23.1 Å². The molecule has 0 bridgehead atoms. The van der Waals surface area contributed by atoms with Crippen LogP contribution in [-0.4, -0.2) is 50.9 Å².